The molecule has 1 aromatic rings. The first-order valence-corrected chi connectivity index (χ1v) is 6.22. The number of hydrogen-bond donors (Lipinski definition) is 1. The van der Waals surface area contributed by atoms with Crippen LogP contribution >= 0.6 is 12.6 Å². The molecule has 1 fully saturated rings. The van der Waals surface area contributed by atoms with Gasteiger partial charge in [0.25, 0.3) is 0 Å². The zero-order valence-electron chi connectivity index (χ0n) is 9.65. The van der Waals surface area contributed by atoms with Crippen LogP contribution in [0, 0.1) is 11.7 Å². The van der Waals surface area contributed by atoms with E-state index in [-0.39, 0.29) is 29.6 Å². The van der Waals surface area contributed by atoms with Gasteiger partial charge in [-0.3, -0.25) is 4.79 Å². The van der Waals surface area contributed by atoms with Crippen LogP contribution in [0.4, 0.5) is 4.39 Å². The molecule has 17 heavy (non-hydrogen) atoms. The minimum absolute atomic E-state index is 0.00943. The molecule has 0 saturated heterocycles. The molecule has 0 radical (unpaired) electrons. The van der Waals surface area contributed by atoms with Crippen LogP contribution in [0.3, 0.4) is 0 Å². The van der Waals surface area contributed by atoms with Gasteiger partial charge in [0.15, 0.2) is 0 Å². The molecule has 1 atom stereocenters. The first-order valence-electron chi connectivity index (χ1n) is 5.71. The Bertz CT molecular complexity index is 427. The van der Waals surface area contributed by atoms with Crippen molar-refractivity contribution in [1.29, 1.82) is 0 Å². The molecule has 92 valence electrons. The fraction of sp³-hybridized carbons (Fsp3) is 0.462. The third kappa shape index (κ3) is 3.22. The Morgan fingerprint density at radius 3 is 2.88 bits per heavy atom. The van der Waals surface area contributed by atoms with E-state index < -0.39 is 0 Å². The van der Waals surface area contributed by atoms with Crippen molar-refractivity contribution in [2.75, 3.05) is 0 Å². The lowest BCUT2D eigenvalue weighted by Crippen LogP contribution is -2.07. The number of esters is 1. The van der Waals surface area contributed by atoms with E-state index in [1.807, 2.05) is 6.92 Å². The molecule has 1 aliphatic rings. The molecule has 2 rings (SSSR count). The topological polar surface area (TPSA) is 26.3 Å². The van der Waals surface area contributed by atoms with E-state index in [0.29, 0.717) is 5.56 Å². The zero-order chi connectivity index (χ0) is 12.4. The molecule has 2 nitrogen and oxygen atoms in total. The summed E-state index contributed by atoms with van der Waals surface area (Å²) in [5, 5.41) is 0.0356. The minimum atomic E-state index is -0.341. The molecule has 0 heterocycles. The van der Waals surface area contributed by atoms with Gasteiger partial charge < -0.3 is 4.74 Å². The molecular formula is C13H15FO2S. The standard InChI is InChI=1S/C13H15FO2S/c1-8(17)10-4-5-12(14)11(6-10)7-16-13(15)9-2-3-9/h4-6,8-9,17H,2-3,7H2,1H3. The molecule has 0 aliphatic heterocycles. The van der Waals surface area contributed by atoms with E-state index in [0.717, 1.165) is 18.4 Å². The Labute approximate surface area is 106 Å². The van der Waals surface area contributed by atoms with Crippen LogP contribution in [0.1, 0.15) is 36.1 Å². The summed E-state index contributed by atoms with van der Waals surface area (Å²) in [5.41, 5.74) is 1.34. The maximum Gasteiger partial charge on any atom is 0.309 e. The van der Waals surface area contributed by atoms with Gasteiger partial charge in [0.05, 0.1) is 5.92 Å². The summed E-state index contributed by atoms with van der Waals surface area (Å²) in [6, 6.07) is 4.79. The number of hydrogen-bond acceptors (Lipinski definition) is 3. The highest BCUT2D eigenvalue weighted by molar-refractivity contribution is 7.80. The number of ether oxygens (including phenoxy) is 1. The highest BCUT2D eigenvalue weighted by atomic mass is 32.1. The zero-order valence-corrected chi connectivity index (χ0v) is 10.5. The summed E-state index contributed by atoms with van der Waals surface area (Å²) in [6.07, 6.45) is 1.80. The Hall–Kier alpha value is -1.03. The van der Waals surface area contributed by atoms with Gasteiger partial charge in [0.2, 0.25) is 0 Å². The highest BCUT2D eigenvalue weighted by Gasteiger charge is 2.31. The van der Waals surface area contributed by atoms with Crippen molar-refractivity contribution in [2.45, 2.75) is 31.6 Å². The summed E-state index contributed by atoms with van der Waals surface area (Å²) < 4.78 is 18.5. The Kier molecular flexibility index (Phi) is 3.72. The molecule has 1 aromatic carbocycles. The van der Waals surface area contributed by atoms with Crippen LogP contribution in [-0.2, 0) is 16.1 Å². The maximum atomic E-state index is 13.5. The second-order valence-corrected chi connectivity index (χ2v) is 5.18. The van der Waals surface area contributed by atoms with E-state index in [4.69, 9.17) is 4.74 Å². The van der Waals surface area contributed by atoms with Gasteiger partial charge in [0.1, 0.15) is 12.4 Å². The molecular weight excluding hydrogens is 239 g/mol. The lowest BCUT2D eigenvalue weighted by molar-refractivity contribution is -0.146. The fourth-order valence-electron chi connectivity index (χ4n) is 1.55. The number of carbonyl (C=O) groups excluding carboxylic acids is 1. The van der Waals surface area contributed by atoms with Crippen LogP contribution in [0.5, 0.6) is 0 Å². The van der Waals surface area contributed by atoms with E-state index in [1.165, 1.54) is 6.07 Å². The molecule has 0 spiro atoms. The normalized spacial score (nSPS) is 16.6. The highest BCUT2D eigenvalue weighted by Crippen LogP contribution is 2.30. The monoisotopic (exact) mass is 254 g/mol. The van der Waals surface area contributed by atoms with E-state index >= 15 is 0 Å². The summed E-state index contributed by atoms with van der Waals surface area (Å²) in [7, 11) is 0. The van der Waals surface area contributed by atoms with E-state index in [2.05, 4.69) is 12.6 Å². The van der Waals surface area contributed by atoms with Gasteiger partial charge >= 0.3 is 5.97 Å². The molecule has 0 bridgehead atoms. The number of carbonyl (C=O) groups is 1. The maximum absolute atomic E-state index is 13.5. The Balaban J connectivity index is 2.03. The first-order chi connectivity index (χ1) is 8.08. The van der Waals surface area contributed by atoms with Crippen molar-refractivity contribution >= 4 is 18.6 Å². The summed E-state index contributed by atoms with van der Waals surface area (Å²) in [6.45, 7) is 1.92. The molecule has 0 amide bonds. The smallest absolute Gasteiger partial charge is 0.309 e. The fourth-order valence-corrected chi connectivity index (χ4v) is 1.71. The first kappa shape index (κ1) is 12.4. The summed E-state index contributed by atoms with van der Waals surface area (Å²) >= 11 is 4.29. The van der Waals surface area contributed by atoms with Crippen LogP contribution in [0.25, 0.3) is 0 Å². The summed E-state index contributed by atoms with van der Waals surface area (Å²) in [4.78, 5) is 11.3. The van der Waals surface area contributed by atoms with Crippen molar-refractivity contribution in [2.24, 2.45) is 5.92 Å². The average molecular weight is 254 g/mol. The number of benzene rings is 1. The van der Waals surface area contributed by atoms with Gasteiger partial charge in [-0.1, -0.05) is 6.07 Å². The minimum Gasteiger partial charge on any atom is -0.460 e. The van der Waals surface area contributed by atoms with Gasteiger partial charge in [-0.25, -0.2) is 4.39 Å². The molecule has 4 heteroatoms. The average Bonchev–Trinajstić information content (AvgIpc) is 3.11. The lowest BCUT2D eigenvalue weighted by atomic mass is 10.1. The molecule has 0 aromatic heterocycles. The van der Waals surface area contributed by atoms with Gasteiger partial charge in [-0.05, 0) is 37.5 Å². The molecule has 0 N–H and O–H groups in total. The Morgan fingerprint density at radius 2 is 2.29 bits per heavy atom. The van der Waals surface area contributed by atoms with Crippen molar-refractivity contribution in [3.05, 3.63) is 35.1 Å². The van der Waals surface area contributed by atoms with Crippen LogP contribution < -0.4 is 0 Å². The van der Waals surface area contributed by atoms with E-state index in [9.17, 15) is 9.18 Å². The second kappa shape index (κ2) is 5.08. The second-order valence-electron chi connectivity index (χ2n) is 4.41. The largest absolute Gasteiger partial charge is 0.460 e. The van der Waals surface area contributed by atoms with Crippen LogP contribution in [-0.4, -0.2) is 5.97 Å². The van der Waals surface area contributed by atoms with Crippen molar-refractivity contribution in [3.63, 3.8) is 0 Å². The van der Waals surface area contributed by atoms with Gasteiger partial charge in [-0.15, -0.1) is 0 Å². The SMILES string of the molecule is CC(S)c1ccc(F)c(COC(=O)C2CC2)c1. The van der Waals surface area contributed by atoms with Crippen molar-refractivity contribution < 1.29 is 13.9 Å². The molecule has 1 aliphatic carbocycles. The van der Waals surface area contributed by atoms with Crippen molar-refractivity contribution in [1.82, 2.24) is 0 Å². The Morgan fingerprint density at radius 1 is 1.59 bits per heavy atom. The number of thiol groups is 1. The van der Waals surface area contributed by atoms with Gasteiger partial charge in [-0.2, -0.15) is 12.6 Å². The van der Waals surface area contributed by atoms with Crippen LogP contribution in [0.2, 0.25) is 0 Å². The van der Waals surface area contributed by atoms with Gasteiger partial charge in [0, 0.05) is 10.8 Å². The number of halogens is 1. The van der Waals surface area contributed by atoms with Crippen molar-refractivity contribution in [3.8, 4) is 0 Å². The predicted molar refractivity (Wildman–Crippen MR) is 66.3 cm³/mol. The lowest BCUT2D eigenvalue weighted by Gasteiger charge is -2.09. The molecule has 1 unspecified atom stereocenters. The quantitative estimate of drug-likeness (QED) is 0.659. The number of rotatable bonds is 4. The van der Waals surface area contributed by atoms with Crippen LogP contribution in [0.15, 0.2) is 18.2 Å². The summed E-state index contributed by atoms with van der Waals surface area (Å²) in [5.74, 6) is -0.509. The van der Waals surface area contributed by atoms with E-state index in [1.54, 1.807) is 12.1 Å². The predicted octanol–water partition coefficient (Wildman–Crippen LogP) is 3.27. The third-order valence-corrected chi connectivity index (χ3v) is 3.13. The third-order valence-electron chi connectivity index (χ3n) is 2.83. The molecule has 1 saturated carbocycles.